The molecule has 8 nitrogen and oxygen atoms in total. The van der Waals surface area contributed by atoms with Crippen LogP contribution in [-0.2, 0) is 24.8 Å². The second-order valence-electron chi connectivity index (χ2n) is 7.94. The third kappa shape index (κ3) is 5.97. The number of benzene rings is 1. The van der Waals surface area contributed by atoms with E-state index in [4.69, 9.17) is 9.73 Å². The number of fused-ring (bicyclic) bond motifs is 1. The molecular formula is C22H32IN7O. The van der Waals surface area contributed by atoms with Gasteiger partial charge in [0.2, 0.25) is 0 Å². The van der Waals surface area contributed by atoms with E-state index < -0.39 is 0 Å². The Morgan fingerprint density at radius 2 is 2.16 bits per heavy atom. The Morgan fingerprint density at radius 1 is 1.29 bits per heavy atom. The smallest absolute Gasteiger partial charge is 0.191 e. The summed E-state index contributed by atoms with van der Waals surface area (Å²) in [5.41, 5.74) is 3.76. The number of aliphatic imine (C=N–C) groups is 1. The third-order valence-corrected chi connectivity index (χ3v) is 5.69. The van der Waals surface area contributed by atoms with Crippen LogP contribution in [0, 0.1) is 13.8 Å². The van der Waals surface area contributed by atoms with Crippen LogP contribution in [-0.4, -0.2) is 51.5 Å². The molecular weight excluding hydrogens is 505 g/mol. The van der Waals surface area contributed by atoms with Gasteiger partial charge in [-0.25, -0.2) is 4.99 Å². The van der Waals surface area contributed by atoms with Gasteiger partial charge in [0.15, 0.2) is 11.8 Å². The molecule has 1 aliphatic heterocycles. The summed E-state index contributed by atoms with van der Waals surface area (Å²) in [5, 5.41) is 16.5. The van der Waals surface area contributed by atoms with E-state index in [0.717, 1.165) is 56.6 Å². The fraction of sp³-hybridized carbons (Fsp3) is 0.500. The van der Waals surface area contributed by atoms with Crippen molar-refractivity contribution < 1.29 is 4.74 Å². The van der Waals surface area contributed by atoms with Gasteiger partial charge in [-0.2, -0.15) is 0 Å². The minimum atomic E-state index is 0. The van der Waals surface area contributed by atoms with Crippen LogP contribution < -0.4 is 10.6 Å². The summed E-state index contributed by atoms with van der Waals surface area (Å²) >= 11 is 0. The van der Waals surface area contributed by atoms with Crippen molar-refractivity contribution in [2.45, 2.75) is 45.8 Å². The number of rotatable bonds is 7. The van der Waals surface area contributed by atoms with E-state index in [1.54, 1.807) is 0 Å². The van der Waals surface area contributed by atoms with Gasteiger partial charge in [-0.3, -0.25) is 0 Å². The maximum atomic E-state index is 5.73. The number of aryl methyl sites for hydroxylation is 2. The van der Waals surface area contributed by atoms with Crippen LogP contribution in [0.4, 0.5) is 0 Å². The van der Waals surface area contributed by atoms with E-state index in [0.29, 0.717) is 6.54 Å². The lowest BCUT2D eigenvalue weighted by atomic mass is 10.1. The highest BCUT2D eigenvalue weighted by Crippen LogP contribution is 2.19. The third-order valence-electron chi connectivity index (χ3n) is 5.69. The molecule has 3 heterocycles. The summed E-state index contributed by atoms with van der Waals surface area (Å²) in [6, 6.07) is 6.54. The number of halogens is 1. The van der Waals surface area contributed by atoms with E-state index in [9.17, 15) is 0 Å². The van der Waals surface area contributed by atoms with Gasteiger partial charge in [0.1, 0.15) is 12.4 Å². The number of guanidine groups is 1. The Bertz CT molecular complexity index is 1020. The molecule has 0 aliphatic carbocycles. The average molecular weight is 537 g/mol. The van der Waals surface area contributed by atoms with Gasteiger partial charge < -0.3 is 24.9 Å². The monoisotopic (exact) mass is 537 g/mol. The number of nitrogens with zero attached hydrogens (tertiary/aromatic N) is 4. The predicted molar refractivity (Wildman–Crippen MR) is 134 cm³/mol. The molecule has 1 saturated heterocycles. The van der Waals surface area contributed by atoms with Crippen molar-refractivity contribution in [1.82, 2.24) is 30.4 Å². The van der Waals surface area contributed by atoms with Crippen molar-refractivity contribution in [3.8, 4) is 0 Å². The molecule has 0 spiro atoms. The van der Waals surface area contributed by atoms with Crippen LogP contribution in [0.1, 0.15) is 35.6 Å². The molecule has 1 aromatic carbocycles. The molecule has 0 amide bonds. The van der Waals surface area contributed by atoms with Gasteiger partial charge in [0.25, 0.3) is 0 Å². The van der Waals surface area contributed by atoms with Gasteiger partial charge in [0, 0.05) is 43.8 Å². The number of ether oxygens (including phenoxy) is 1. The van der Waals surface area contributed by atoms with E-state index in [1.807, 2.05) is 18.5 Å². The van der Waals surface area contributed by atoms with Crippen LogP contribution >= 0.6 is 24.0 Å². The lowest BCUT2D eigenvalue weighted by molar-refractivity contribution is 0.114. The van der Waals surface area contributed by atoms with Gasteiger partial charge in [-0.1, -0.05) is 12.1 Å². The summed E-state index contributed by atoms with van der Waals surface area (Å²) in [6.07, 6.45) is 5.49. The zero-order chi connectivity index (χ0) is 20.9. The number of hydrogen-bond acceptors (Lipinski definition) is 4. The SMILES string of the molecule is Cc1ccc2c(CCNC(=NCc3nnc(C)n3C)NCC3CCCO3)c[nH]c2c1.I. The normalized spacial score (nSPS) is 16.5. The quantitative estimate of drug-likeness (QED) is 0.245. The maximum Gasteiger partial charge on any atom is 0.191 e. The molecule has 31 heavy (non-hydrogen) atoms. The topological polar surface area (TPSA) is 92.2 Å². The van der Waals surface area contributed by atoms with Crippen molar-refractivity contribution in [1.29, 1.82) is 0 Å². The molecule has 1 aliphatic rings. The summed E-state index contributed by atoms with van der Waals surface area (Å²) in [4.78, 5) is 8.11. The van der Waals surface area contributed by atoms with Crippen molar-refractivity contribution in [3.05, 3.63) is 47.2 Å². The molecule has 3 aromatic rings. The summed E-state index contributed by atoms with van der Waals surface area (Å²) in [6.45, 7) is 6.93. The Hall–Kier alpha value is -2.14. The molecule has 0 saturated carbocycles. The second-order valence-corrected chi connectivity index (χ2v) is 7.94. The van der Waals surface area contributed by atoms with Gasteiger partial charge in [0.05, 0.1) is 6.10 Å². The van der Waals surface area contributed by atoms with E-state index in [1.165, 1.54) is 22.0 Å². The largest absolute Gasteiger partial charge is 0.376 e. The van der Waals surface area contributed by atoms with Crippen LogP contribution in [0.15, 0.2) is 29.4 Å². The zero-order valence-electron chi connectivity index (χ0n) is 18.4. The molecule has 1 fully saturated rings. The van der Waals surface area contributed by atoms with E-state index in [2.05, 4.69) is 57.1 Å². The number of hydrogen-bond donors (Lipinski definition) is 3. The minimum absolute atomic E-state index is 0. The zero-order valence-corrected chi connectivity index (χ0v) is 20.8. The maximum absolute atomic E-state index is 5.73. The highest BCUT2D eigenvalue weighted by atomic mass is 127. The van der Waals surface area contributed by atoms with Crippen molar-refractivity contribution in [2.75, 3.05) is 19.7 Å². The number of H-pyrrole nitrogens is 1. The molecule has 4 rings (SSSR count). The fourth-order valence-corrected chi connectivity index (χ4v) is 3.75. The first-order chi connectivity index (χ1) is 14.6. The molecule has 2 aromatic heterocycles. The molecule has 0 radical (unpaired) electrons. The van der Waals surface area contributed by atoms with Crippen LogP contribution in [0.2, 0.25) is 0 Å². The Labute approximate surface area is 200 Å². The molecule has 0 bridgehead atoms. The van der Waals surface area contributed by atoms with Crippen molar-refractivity contribution >= 4 is 40.8 Å². The van der Waals surface area contributed by atoms with Gasteiger partial charge >= 0.3 is 0 Å². The van der Waals surface area contributed by atoms with Crippen LogP contribution in [0.25, 0.3) is 10.9 Å². The minimum Gasteiger partial charge on any atom is -0.376 e. The molecule has 3 N–H and O–H groups in total. The first-order valence-corrected chi connectivity index (χ1v) is 10.7. The first-order valence-electron chi connectivity index (χ1n) is 10.7. The van der Waals surface area contributed by atoms with E-state index in [-0.39, 0.29) is 30.1 Å². The molecule has 168 valence electrons. The van der Waals surface area contributed by atoms with Crippen molar-refractivity contribution in [3.63, 3.8) is 0 Å². The highest BCUT2D eigenvalue weighted by molar-refractivity contribution is 14.0. The van der Waals surface area contributed by atoms with Crippen molar-refractivity contribution in [2.24, 2.45) is 12.0 Å². The average Bonchev–Trinajstić information content (AvgIpc) is 3.46. The molecule has 1 atom stereocenters. The lowest BCUT2D eigenvalue weighted by Crippen LogP contribution is -2.42. The highest BCUT2D eigenvalue weighted by Gasteiger charge is 2.16. The summed E-state index contributed by atoms with van der Waals surface area (Å²) in [5.74, 6) is 2.51. The number of aromatic nitrogens is 4. The Balaban J connectivity index is 0.00000272. The fourth-order valence-electron chi connectivity index (χ4n) is 3.75. The van der Waals surface area contributed by atoms with Crippen LogP contribution in [0.3, 0.4) is 0 Å². The standard InChI is InChI=1S/C22H31N7O.HI/c1-15-6-7-19-17(12-24-20(19)11-15)8-9-23-22(25-13-18-5-4-10-30-18)26-14-21-28-27-16(2)29(21)3;/h6-7,11-12,18,24H,4-5,8-10,13-14H2,1-3H3,(H2,23,25,26);1H. The van der Waals surface area contributed by atoms with Gasteiger partial charge in [-0.05, 0) is 50.3 Å². The Kier molecular flexibility index (Phi) is 8.30. The van der Waals surface area contributed by atoms with Gasteiger partial charge in [-0.15, -0.1) is 34.2 Å². The predicted octanol–water partition coefficient (Wildman–Crippen LogP) is 2.99. The van der Waals surface area contributed by atoms with E-state index >= 15 is 0 Å². The first kappa shape index (κ1) is 23.5. The molecule has 1 unspecified atom stereocenters. The Morgan fingerprint density at radius 3 is 2.90 bits per heavy atom. The lowest BCUT2D eigenvalue weighted by Gasteiger charge is -2.15. The second kappa shape index (κ2) is 10.9. The summed E-state index contributed by atoms with van der Waals surface area (Å²) < 4.78 is 7.70. The number of aromatic amines is 1. The summed E-state index contributed by atoms with van der Waals surface area (Å²) in [7, 11) is 1.96. The number of nitrogens with one attached hydrogen (secondary N) is 3. The molecule has 9 heteroatoms. The van der Waals surface area contributed by atoms with Crippen LogP contribution in [0.5, 0.6) is 0 Å².